The Morgan fingerprint density at radius 2 is 2.00 bits per heavy atom. The average molecular weight is 255 g/mol. The van der Waals surface area contributed by atoms with E-state index in [9.17, 15) is 4.39 Å². The minimum absolute atomic E-state index is 0.160. The summed E-state index contributed by atoms with van der Waals surface area (Å²) in [5, 5.41) is 0.315. The van der Waals surface area contributed by atoms with Crippen molar-refractivity contribution >= 4 is 11.6 Å². The molecule has 17 heavy (non-hydrogen) atoms. The van der Waals surface area contributed by atoms with Gasteiger partial charge in [-0.15, -0.1) is 0 Å². The van der Waals surface area contributed by atoms with Crippen LogP contribution in [-0.4, -0.2) is 0 Å². The molecule has 0 saturated heterocycles. The number of benzene rings is 1. The van der Waals surface area contributed by atoms with E-state index in [1.54, 1.807) is 18.2 Å². The normalized spacial score (nSPS) is 12.6. The molecule has 2 rings (SSSR count). The van der Waals surface area contributed by atoms with E-state index in [0.29, 0.717) is 11.6 Å². The van der Waals surface area contributed by atoms with Gasteiger partial charge in [-0.3, -0.25) is 11.3 Å². The second-order valence-electron chi connectivity index (χ2n) is 3.70. The first kappa shape index (κ1) is 12.1. The summed E-state index contributed by atoms with van der Waals surface area (Å²) < 4.78 is 17.8. The van der Waals surface area contributed by atoms with Crippen LogP contribution in [0.15, 0.2) is 41.0 Å². The lowest BCUT2D eigenvalue weighted by Gasteiger charge is -2.14. The third kappa shape index (κ3) is 2.85. The maximum atomic E-state index is 12.8. The molecule has 0 bridgehead atoms. The van der Waals surface area contributed by atoms with Crippen LogP contribution in [0.2, 0.25) is 5.22 Å². The summed E-state index contributed by atoms with van der Waals surface area (Å²) in [6, 6.07) is 7.86. The van der Waals surface area contributed by atoms with Crippen molar-refractivity contribution in [1.82, 2.24) is 5.43 Å². The summed E-state index contributed by atoms with van der Waals surface area (Å²) in [7, 11) is 0. The highest BCUT2D eigenvalue weighted by Gasteiger charge is 2.16. The number of hydrazine groups is 1. The predicted octanol–water partition coefficient (Wildman–Crippen LogP) is 2.82. The lowest BCUT2D eigenvalue weighted by Crippen LogP contribution is -2.29. The van der Waals surface area contributed by atoms with Crippen LogP contribution in [0, 0.1) is 5.82 Å². The fourth-order valence-electron chi connectivity index (χ4n) is 1.67. The van der Waals surface area contributed by atoms with Gasteiger partial charge in [-0.2, -0.15) is 0 Å². The second-order valence-corrected chi connectivity index (χ2v) is 4.04. The molecule has 0 aliphatic carbocycles. The van der Waals surface area contributed by atoms with E-state index < -0.39 is 0 Å². The minimum Gasteiger partial charge on any atom is -0.453 e. The van der Waals surface area contributed by atoms with Gasteiger partial charge < -0.3 is 4.42 Å². The van der Waals surface area contributed by atoms with Crippen molar-refractivity contribution in [1.29, 1.82) is 0 Å². The highest BCUT2D eigenvalue weighted by molar-refractivity contribution is 6.29. The topological polar surface area (TPSA) is 51.2 Å². The van der Waals surface area contributed by atoms with Crippen molar-refractivity contribution < 1.29 is 8.81 Å². The van der Waals surface area contributed by atoms with E-state index in [2.05, 4.69) is 5.43 Å². The van der Waals surface area contributed by atoms with Crippen LogP contribution >= 0.6 is 11.6 Å². The molecule has 0 saturated carbocycles. The van der Waals surface area contributed by atoms with Crippen LogP contribution < -0.4 is 11.3 Å². The van der Waals surface area contributed by atoms with Gasteiger partial charge in [0.15, 0.2) is 5.22 Å². The molecule has 3 N–H and O–H groups in total. The molecule has 1 heterocycles. The van der Waals surface area contributed by atoms with Crippen molar-refractivity contribution in [3.8, 4) is 0 Å². The van der Waals surface area contributed by atoms with Crippen LogP contribution in [0.25, 0.3) is 0 Å². The Morgan fingerprint density at radius 1 is 1.29 bits per heavy atom. The maximum Gasteiger partial charge on any atom is 0.197 e. The maximum absolute atomic E-state index is 12.8. The predicted molar refractivity (Wildman–Crippen MR) is 63.9 cm³/mol. The summed E-state index contributed by atoms with van der Waals surface area (Å²) in [4.78, 5) is 0. The lowest BCUT2D eigenvalue weighted by atomic mass is 10.0. The number of nitrogens with two attached hydrogens (primary N) is 1. The number of rotatable bonds is 4. The largest absolute Gasteiger partial charge is 0.453 e. The molecule has 1 unspecified atom stereocenters. The van der Waals surface area contributed by atoms with Crippen molar-refractivity contribution in [2.45, 2.75) is 12.5 Å². The van der Waals surface area contributed by atoms with E-state index in [4.69, 9.17) is 21.9 Å². The Kier molecular flexibility index (Phi) is 3.78. The Hall–Kier alpha value is -1.36. The summed E-state index contributed by atoms with van der Waals surface area (Å²) in [5.74, 6) is 5.23. The highest BCUT2D eigenvalue weighted by Crippen LogP contribution is 2.26. The monoisotopic (exact) mass is 254 g/mol. The van der Waals surface area contributed by atoms with Crippen LogP contribution in [0.4, 0.5) is 4.39 Å². The van der Waals surface area contributed by atoms with Crippen molar-refractivity contribution in [2.24, 2.45) is 5.84 Å². The fourth-order valence-corrected chi connectivity index (χ4v) is 1.91. The Morgan fingerprint density at radius 3 is 2.53 bits per heavy atom. The molecule has 5 heteroatoms. The zero-order valence-electron chi connectivity index (χ0n) is 8.99. The summed E-state index contributed by atoms with van der Waals surface area (Å²) >= 11 is 5.88. The zero-order chi connectivity index (χ0) is 12.3. The van der Waals surface area contributed by atoms with Crippen molar-refractivity contribution in [3.63, 3.8) is 0 Å². The van der Waals surface area contributed by atoms with E-state index in [-0.39, 0.29) is 11.9 Å². The van der Waals surface area contributed by atoms with Crippen LogP contribution in [0.3, 0.4) is 0 Å². The fraction of sp³-hybridized carbons (Fsp3) is 0.167. The van der Waals surface area contributed by atoms with E-state index in [1.165, 1.54) is 18.4 Å². The molecule has 1 aromatic carbocycles. The van der Waals surface area contributed by atoms with Gasteiger partial charge in [0.1, 0.15) is 5.82 Å². The van der Waals surface area contributed by atoms with Crippen molar-refractivity contribution in [2.75, 3.05) is 0 Å². The number of hydrogen-bond donors (Lipinski definition) is 2. The molecular weight excluding hydrogens is 243 g/mol. The highest BCUT2D eigenvalue weighted by atomic mass is 35.5. The van der Waals surface area contributed by atoms with E-state index >= 15 is 0 Å². The second kappa shape index (κ2) is 5.31. The van der Waals surface area contributed by atoms with Gasteiger partial charge in [0.05, 0.1) is 12.3 Å². The van der Waals surface area contributed by atoms with Gasteiger partial charge in [0.2, 0.25) is 0 Å². The van der Waals surface area contributed by atoms with Crippen molar-refractivity contribution in [3.05, 3.63) is 58.8 Å². The SMILES string of the molecule is NNC(Cc1ccc(F)cc1)c1ccoc1Cl. The molecule has 0 radical (unpaired) electrons. The molecule has 2 aromatic rings. The van der Waals surface area contributed by atoms with Gasteiger partial charge in [-0.25, -0.2) is 4.39 Å². The Labute approximate surface area is 103 Å². The molecule has 90 valence electrons. The first-order valence-corrected chi connectivity index (χ1v) is 5.52. The molecule has 0 spiro atoms. The number of nitrogens with one attached hydrogen (secondary N) is 1. The van der Waals surface area contributed by atoms with Gasteiger partial charge in [-0.05, 0) is 41.8 Å². The van der Waals surface area contributed by atoms with E-state index in [0.717, 1.165) is 11.1 Å². The third-order valence-corrected chi connectivity index (χ3v) is 2.88. The summed E-state index contributed by atoms with van der Waals surface area (Å²) in [5.41, 5.74) is 4.42. The first-order chi connectivity index (χ1) is 8.20. The lowest BCUT2D eigenvalue weighted by molar-refractivity contribution is 0.526. The van der Waals surface area contributed by atoms with Crippen LogP contribution in [-0.2, 0) is 6.42 Å². The molecule has 1 aromatic heterocycles. The average Bonchev–Trinajstić information content (AvgIpc) is 2.75. The van der Waals surface area contributed by atoms with Gasteiger partial charge >= 0.3 is 0 Å². The first-order valence-electron chi connectivity index (χ1n) is 5.14. The molecule has 1 atom stereocenters. The number of halogens is 2. The molecule has 0 amide bonds. The molecule has 0 fully saturated rings. The molecule has 0 aliphatic rings. The quantitative estimate of drug-likeness (QED) is 0.652. The summed E-state index contributed by atoms with van der Waals surface area (Å²) in [6.45, 7) is 0. The standard InChI is InChI=1S/C12H12ClFN2O/c13-12-10(5-6-17-12)11(16-15)7-8-1-3-9(14)4-2-8/h1-6,11,16H,7,15H2. The Balaban J connectivity index is 2.16. The van der Waals surface area contributed by atoms with Gasteiger partial charge in [0.25, 0.3) is 0 Å². The Bertz CT molecular complexity index is 484. The summed E-state index contributed by atoms with van der Waals surface area (Å²) in [6.07, 6.45) is 2.11. The van der Waals surface area contributed by atoms with E-state index in [1.807, 2.05) is 0 Å². The van der Waals surface area contributed by atoms with Gasteiger partial charge in [0, 0.05) is 5.56 Å². The zero-order valence-corrected chi connectivity index (χ0v) is 9.75. The van der Waals surface area contributed by atoms with Crippen LogP contribution in [0.1, 0.15) is 17.2 Å². The molecule has 3 nitrogen and oxygen atoms in total. The molecule has 0 aliphatic heterocycles. The molecular formula is C12H12ClFN2O. The number of furan rings is 1. The number of hydrogen-bond acceptors (Lipinski definition) is 3. The van der Waals surface area contributed by atoms with Gasteiger partial charge in [-0.1, -0.05) is 12.1 Å². The third-order valence-electron chi connectivity index (χ3n) is 2.58. The minimum atomic E-state index is -0.257. The smallest absolute Gasteiger partial charge is 0.197 e. The van der Waals surface area contributed by atoms with Crippen LogP contribution in [0.5, 0.6) is 0 Å².